The molecular weight excluding hydrogens is 238 g/mol. The van der Waals surface area contributed by atoms with Crippen LogP contribution in [0.5, 0.6) is 0 Å². The quantitative estimate of drug-likeness (QED) is 0.905. The van der Waals surface area contributed by atoms with E-state index in [-0.39, 0.29) is 11.4 Å². The number of aryl methyl sites for hydroxylation is 1. The van der Waals surface area contributed by atoms with Crippen molar-refractivity contribution in [3.8, 4) is 0 Å². The molecule has 0 saturated carbocycles. The Balaban J connectivity index is 2.11. The van der Waals surface area contributed by atoms with Gasteiger partial charge in [0.05, 0.1) is 17.7 Å². The van der Waals surface area contributed by atoms with Crippen molar-refractivity contribution in [1.29, 1.82) is 0 Å². The number of furan rings is 1. The molecule has 0 aliphatic heterocycles. The van der Waals surface area contributed by atoms with Crippen molar-refractivity contribution in [2.75, 3.05) is 0 Å². The maximum Gasteiger partial charge on any atom is 0.240 e. The zero-order chi connectivity index (χ0) is 12.3. The predicted molar refractivity (Wildman–Crippen MR) is 63.9 cm³/mol. The van der Waals surface area contributed by atoms with E-state index in [0.29, 0.717) is 5.76 Å². The van der Waals surface area contributed by atoms with Gasteiger partial charge < -0.3 is 4.42 Å². The second-order valence-corrected chi connectivity index (χ2v) is 5.48. The van der Waals surface area contributed by atoms with E-state index in [9.17, 15) is 8.42 Å². The van der Waals surface area contributed by atoms with E-state index in [1.165, 1.54) is 6.26 Å². The first-order valence-corrected chi connectivity index (χ1v) is 6.65. The highest BCUT2D eigenvalue weighted by molar-refractivity contribution is 7.89. The monoisotopic (exact) mass is 251 g/mol. The van der Waals surface area contributed by atoms with E-state index in [1.54, 1.807) is 36.4 Å². The molecule has 1 aromatic carbocycles. The summed E-state index contributed by atoms with van der Waals surface area (Å²) >= 11 is 0. The van der Waals surface area contributed by atoms with Crippen molar-refractivity contribution in [3.05, 3.63) is 54.0 Å². The normalized spacial score (nSPS) is 11.6. The second-order valence-electron chi connectivity index (χ2n) is 3.72. The SMILES string of the molecule is Cc1ccc(S(=O)(=O)NCc2ccco2)cc1. The van der Waals surface area contributed by atoms with Crippen molar-refractivity contribution < 1.29 is 12.8 Å². The van der Waals surface area contributed by atoms with Crippen LogP contribution >= 0.6 is 0 Å². The first-order valence-electron chi connectivity index (χ1n) is 5.17. The summed E-state index contributed by atoms with van der Waals surface area (Å²) in [4.78, 5) is 0.259. The molecule has 1 heterocycles. The highest BCUT2D eigenvalue weighted by Crippen LogP contribution is 2.10. The first-order chi connectivity index (χ1) is 8.08. The van der Waals surface area contributed by atoms with Crippen molar-refractivity contribution in [1.82, 2.24) is 4.72 Å². The topological polar surface area (TPSA) is 59.3 Å². The van der Waals surface area contributed by atoms with Gasteiger partial charge >= 0.3 is 0 Å². The fourth-order valence-electron chi connectivity index (χ4n) is 1.38. The molecule has 90 valence electrons. The van der Waals surface area contributed by atoms with Crippen LogP contribution in [0.3, 0.4) is 0 Å². The number of nitrogens with one attached hydrogen (secondary N) is 1. The molecule has 0 radical (unpaired) electrons. The molecule has 0 atom stereocenters. The Bertz CT molecular complexity index is 571. The van der Waals surface area contributed by atoms with Gasteiger partial charge in [0, 0.05) is 0 Å². The van der Waals surface area contributed by atoms with Crippen LogP contribution in [0.1, 0.15) is 11.3 Å². The lowest BCUT2D eigenvalue weighted by molar-refractivity contribution is 0.498. The predicted octanol–water partition coefficient (Wildman–Crippen LogP) is 2.07. The maximum atomic E-state index is 11.9. The van der Waals surface area contributed by atoms with Gasteiger partial charge in [-0.2, -0.15) is 0 Å². The van der Waals surface area contributed by atoms with Gasteiger partial charge in [-0.25, -0.2) is 13.1 Å². The third-order valence-electron chi connectivity index (χ3n) is 2.35. The Hall–Kier alpha value is -1.59. The molecule has 1 N–H and O–H groups in total. The van der Waals surface area contributed by atoms with Crippen molar-refractivity contribution in [2.24, 2.45) is 0 Å². The van der Waals surface area contributed by atoms with E-state index < -0.39 is 10.0 Å². The molecule has 0 spiro atoms. The summed E-state index contributed by atoms with van der Waals surface area (Å²) in [6.45, 7) is 2.07. The Morgan fingerprint density at radius 3 is 2.47 bits per heavy atom. The third kappa shape index (κ3) is 2.95. The van der Waals surface area contributed by atoms with Crippen LogP contribution in [0, 0.1) is 6.92 Å². The van der Waals surface area contributed by atoms with Gasteiger partial charge in [0.25, 0.3) is 0 Å². The average molecular weight is 251 g/mol. The number of sulfonamides is 1. The minimum absolute atomic E-state index is 0.156. The van der Waals surface area contributed by atoms with Gasteiger partial charge in [-0.1, -0.05) is 17.7 Å². The second kappa shape index (κ2) is 4.73. The molecule has 0 saturated heterocycles. The lowest BCUT2D eigenvalue weighted by Crippen LogP contribution is -2.22. The Morgan fingerprint density at radius 2 is 1.88 bits per heavy atom. The molecule has 17 heavy (non-hydrogen) atoms. The summed E-state index contributed by atoms with van der Waals surface area (Å²) in [6.07, 6.45) is 1.51. The highest BCUT2D eigenvalue weighted by Gasteiger charge is 2.13. The molecular formula is C12H13NO3S. The number of benzene rings is 1. The first kappa shape index (κ1) is 11.9. The van der Waals surface area contributed by atoms with E-state index >= 15 is 0 Å². The van der Waals surface area contributed by atoms with Crippen LogP contribution in [0.25, 0.3) is 0 Å². The Morgan fingerprint density at radius 1 is 1.18 bits per heavy atom. The van der Waals surface area contributed by atoms with Crippen LogP contribution < -0.4 is 4.72 Å². The molecule has 1 aromatic heterocycles. The van der Waals surface area contributed by atoms with Crippen LogP contribution in [0.15, 0.2) is 52.0 Å². The number of hydrogen-bond acceptors (Lipinski definition) is 3. The lowest BCUT2D eigenvalue weighted by atomic mass is 10.2. The fourth-order valence-corrected chi connectivity index (χ4v) is 2.37. The maximum absolute atomic E-state index is 11.9. The molecule has 2 rings (SSSR count). The molecule has 0 unspecified atom stereocenters. The molecule has 0 aliphatic carbocycles. The van der Waals surface area contributed by atoms with Gasteiger partial charge in [-0.15, -0.1) is 0 Å². The summed E-state index contributed by atoms with van der Waals surface area (Å²) in [5.74, 6) is 0.584. The van der Waals surface area contributed by atoms with Crippen LogP contribution in [0.4, 0.5) is 0 Å². The summed E-state index contributed by atoms with van der Waals surface area (Å²) in [5.41, 5.74) is 1.02. The third-order valence-corrected chi connectivity index (χ3v) is 3.76. The highest BCUT2D eigenvalue weighted by atomic mass is 32.2. The molecule has 0 amide bonds. The van der Waals surface area contributed by atoms with Gasteiger partial charge in [0.15, 0.2) is 0 Å². The van der Waals surface area contributed by atoms with Crippen LogP contribution in [-0.2, 0) is 16.6 Å². The molecule has 0 fully saturated rings. The average Bonchev–Trinajstić information content (AvgIpc) is 2.80. The molecule has 4 nitrogen and oxygen atoms in total. The largest absolute Gasteiger partial charge is 0.468 e. The molecule has 2 aromatic rings. The summed E-state index contributed by atoms with van der Waals surface area (Å²) in [5, 5.41) is 0. The zero-order valence-electron chi connectivity index (χ0n) is 9.38. The number of rotatable bonds is 4. The Kier molecular flexibility index (Phi) is 3.31. The van der Waals surface area contributed by atoms with Crippen molar-refractivity contribution in [3.63, 3.8) is 0 Å². The van der Waals surface area contributed by atoms with Gasteiger partial charge in [0.2, 0.25) is 10.0 Å². The van der Waals surface area contributed by atoms with Crippen LogP contribution in [0.2, 0.25) is 0 Å². The lowest BCUT2D eigenvalue weighted by Gasteiger charge is -2.05. The van der Waals surface area contributed by atoms with Gasteiger partial charge in [-0.3, -0.25) is 0 Å². The van der Waals surface area contributed by atoms with E-state index in [0.717, 1.165) is 5.56 Å². The fraction of sp³-hybridized carbons (Fsp3) is 0.167. The minimum atomic E-state index is -3.46. The van der Waals surface area contributed by atoms with Crippen molar-refractivity contribution in [2.45, 2.75) is 18.4 Å². The zero-order valence-corrected chi connectivity index (χ0v) is 10.2. The molecule has 0 bridgehead atoms. The van der Waals surface area contributed by atoms with Gasteiger partial charge in [-0.05, 0) is 31.2 Å². The van der Waals surface area contributed by atoms with E-state index in [2.05, 4.69) is 4.72 Å². The summed E-state index contributed by atoms with van der Waals surface area (Å²) in [7, 11) is -3.46. The minimum Gasteiger partial charge on any atom is -0.468 e. The van der Waals surface area contributed by atoms with Crippen molar-refractivity contribution >= 4 is 10.0 Å². The molecule has 0 aliphatic rings. The smallest absolute Gasteiger partial charge is 0.240 e. The standard InChI is InChI=1S/C12H13NO3S/c1-10-4-6-12(7-5-10)17(14,15)13-9-11-3-2-8-16-11/h2-8,13H,9H2,1H3. The summed E-state index contributed by atoms with van der Waals surface area (Å²) in [6, 6.07) is 10.1. The van der Waals surface area contributed by atoms with E-state index in [4.69, 9.17) is 4.42 Å². The Labute approximate surface area is 100 Å². The number of hydrogen-bond donors (Lipinski definition) is 1. The summed E-state index contributed by atoms with van der Waals surface area (Å²) < 4.78 is 31.3. The molecule has 5 heteroatoms. The van der Waals surface area contributed by atoms with E-state index in [1.807, 2.05) is 6.92 Å². The van der Waals surface area contributed by atoms with Gasteiger partial charge in [0.1, 0.15) is 5.76 Å². The van der Waals surface area contributed by atoms with Crippen LogP contribution in [-0.4, -0.2) is 8.42 Å².